The number of nitrogens with one attached hydrogen (secondary N) is 1. The molecule has 3 heterocycles. The molecule has 6 heteroatoms. The summed E-state index contributed by atoms with van der Waals surface area (Å²) in [5.41, 5.74) is 2.87. The number of amides is 2. The molecule has 5 rings (SSSR count). The van der Waals surface area contributed by atoms with Crippen molar-refractivity contribution in [2.75, 3.05) is 18.4 Å². The van der Waals surface area contributed by atoms with E-state index in [1.807, 2.05) is 42.7 Å². The molecule has 2 fully saturated rings. The van der Waals surface area contributed by atoms with Crippen LogP contribution in [-0.2, 0) is 0 Å². The van der Waals surface area contributed by atoms with Crippen LogP contribution in [-0.4, -0.2) is 39.0 Å². The summed E-state index contributed by atoms with van der Waals surface area (Å²) in [4.78, 5) is 27.5. The molecule has 1 saturated heterocycles. The van der Waals surface area contributed by atoms with Crippen molar-refractivity contribution in [3.8, 4) is 0 Å². The predicted molar refractivity (Wildman–Crippen MR) is 99.1 cm³/mol. The minimum atomic E-state index is -0.104. The number of carbonyl (C=O) groups is 1. The maximum Gasteiger partial charge on any atom is 0.321 e. The van der Waals surface area contributed by atoms with Crippen LogP contribution in [0.15, 0.2) is 48.9 Å². The second-order valence-corrected chi connectivity index (χ2v) is 7.10. The van der Waals surface area contributed by atoms with Gasteiger partial charge in [-0.25, -0.2) is 14.8 Å². The molecule has 26 heavy (non-hydrogen) atoms. The highest BCUT2D eigenvalue weighted by atomic mass is 16.2. The quantitative estimate of drug-likeness (QED) is 0.788. The summed E-state index contributed by atoms with van der Waals surface area (Å²) in [6, 6.07) is 9.69. The summed E-state index contributed by atoms with van der Waals surface area (Å²) < 4.78 is 0. The van der Waals surface area contributed by atoms with Gasteiger partial charge in [0, 0.05) is 30.9 Å². The largest absolute Gasteiger partial charge is 0.323 e. The smallest absolute Gasteiger partial charge is 0.321 e. The maximum atomic E-state index is 12.4. The van der Waals surface area contributed by atoms with Crippen molar-refractivity contribution >= 4 is 22.6 Å². The Balaban J connectivity index is 1.20. The van der Waals surface area contributed by atoms with Crippen molar-refractivity contribution in [3.05, 3.63) is 60.3 Å². The number of likely N-dealkylation sites (tertiary alicyclic amines) is 1. The van der Waals surface area contributed by atoms with Gasteiger partial charge in [-0.1, -0.05) is 18.2 Å². The molecule has 1 aliphatic carbocycles. The molecule has 0 spiro atoms. The molecule has 2 amide bonds. The number of carbonyl (C=O) groups excluding carboxylic acids is 1. The average Bonchev–Trinajstić information content (AvgIpc) is 3.46. The van der Waals surface area contributed by atoms with Crippen LogP contribution in [0.3, 0.4) is 0 Å². The SMILES string of the molecule is O=C(Nc1cnc2ccccc2c1)N1CC(c2ncc(C3CC3)cn2)C1. The monoisotopic (exact) mass is 345 g/mol. The average molecular weight is 345 g/mol. The molecule has 0 unspecified atom stereocenters. The van der Waals surface area contributed by atoms with E-state index in [4.69, 9.17) is 0 Å². The zero-order valence-corrected chi connectivity index (χ0v) is 14.3. The standard InChI is InChI=1S/C20H19N5O/c26-20(24-17-7-14-3-1-2-4-18(14)21-10-17)25-11-16(12-25)19-22-8-15(9-23-19)13-5-6-13/h1-4,7-10,13,16H,5-6,11-12H2,(H,24,26). The Bertz CT molecular complexity index is 961. The summed E-state index contributed by atoms with van der Waals surface area (Å²) in [5, 5.41) is 3.93. The third-order valence-electron chi connectivity index (χ3n) is 5.12. The number of fused-ring (bicyclic) bond motifs is 1. The molecule has 6 nitrogen and oxygen atoms in total. The zero-order chi connectivity index (χ0) is 17.5. The molecule has 1 saturated carbocycles. The third-order valence-corrected chi connectivity index (χ3v) is 5.12. The number of hydrogen-bond donors (Lipinski definition) is 1. The van der Waals surface area contributed by atoms with Crippen molar-refractivity contribution in [2.45, 2.75) is 24.7 Å². The fourth-order valence-electron chi connectivity index (χ4n) is 3.34. The summed E-state index contributed by atoms with van der Waals surface area (Å²) in [7, 11) is 0. The first-order valence-corrected chi connectivity index (χ1v) is 8.99. The highest BCUT2D eigenvalue weighted by Gasteiger charge is 2.34. The van der Waals surface area contributed by atoms with Gasteiger partial charge in [0.05, 0.1) is 23.3 Å². The van der Waals surface area contributed by atoms with Crippen LogP contribution in [0.1, 0.15) is 36.1 Å². The Morgan fingerprint density at radius 2 is 1.77 bits per heavy atom. The molecule has 1 N–H and O–H groups in total. The number of para-hydroxylation sites is 1. The van der Waals surface area contributed by atoms with Crippen LogP contribution in [0, 0.1) is 0 Å². The van der Waals surface area contributed by atoms with Crippen LogP contribution >= 0.6 is 0 Å². The fourth-order valence-corrected chi connectivity index (χ4v) is 3.34. The molecule has 130 valence electrons. The van der Waals surface area contributed by atoms with Crippen LogP contribution in [0.2, 0.25) is 0 Å². The first kappa shape index (κ1) is 15.3. The molecule has 2 aliphatic rings. The number of hydrogen-bond acceptors (Lipinski definition) is 4. The van der Waals surface area contributed by atoms with E-state index in [9.17, 15) is 4.79 Å². The molecule has 0 bridgehead atoms. The number of benzene rings is 1. The van der Waals surface area contributed by atoms with Gasteiger partial charge < -0.3 is 10.2 Å². The molecule has 0 atom stereocenters. The van der Waals surface area contributed by atoms with Gasteiger partial charge in [-0.15, -0.1) is 0 Å². The fraction of sp³-hybridized carbons (Fsp3) is 0.300. The van der Waals surface area contributed by atoms with E-state index >= 15 is 0 Å². The zero-order valence-electron chi connectivity index (χ0n) is 14.3. The minimum absolute atomic E-state index is 0.104. The Kier molecular flexibility index (Phi) is 3.55. The summed E-state index contributed by atoms with van der Waals surface area (Å²) in [6.07, 6.45) is 8.09. The molecule has 2 aromatic heterocycles. The third kappa shape index (κ3) is 2.87. The highest BCUT2D eigenvalue weighted by Crippen LogP contribution is 2.39. The normalized spacial score (nSPS) is 17.2. The van der Waals surface area contributed by atoms with E-state index in [2.05, 4.69) is 20.3 Å². The van der Waals surface area contributed by atoms with E-state index < -0.39 is 0 Å². The number of aromatic nitrogens is 3. The molecular formula is C20H19N5O. The minimum Gasteiger partial charge on any atom is -0.323 e. The Hall–Kier alpha value is -3.02. The lowest BCUT2D eigenvalue weighted by Gasteiger charge is -2.38. The summed E-state index contributed by atoms with van der Waals surface area (Å²) in [5.74, 6) is 1.73. The van der Waals surface area contributed by atoms with Gasteiger partial charge in [0.25, 0.3) is 0 Å². The lowest BCUT2D eigenvalue weighted by molar-refractivity contribution is 0.160. The van der Waals surface area contributed by atoms with Crippen molar-refractivity contribution < 1.29 is 4.79 Å². The van der Waals surface area contributed by atoms with Gasteiger partial charge in [0.2, 0.25) is 0 Å². The number of anilines is 1. The second kappa shape index (κ2) is 6.05. The first-order valence-electron chi connectivity index (χ1n) is 8.99. The van der Waals surface area contributed by atoms with Crippen molar-refractivity contribution in [3.63, 3.8) is 0 Å². The van der Waals surface area contributed by atoms with Crippen molar-refractivity contribution in [2.24, 2.45) is 0 Å². The molecule has 3 aromatic rings. The van der Waals surface area contributed by atoms with Crippen molar-refractivity contribution in [1.29, 1.82) is 0 Å². The Morgan fingerprint density at radius 1 is 1.00 bits per heavy atom. The number of pyridine rings is 1. The van der Waals surface area contributed by atoms with Crippen LogP contribution in [0.5, 0.6) is 0 Å². The molecule has 1 aliphatic heterocycles. The Labute approximate surface area is 151 Å². The Morgan fingerprint density at radius 3 is 2.54 bits per heavy atom. The lowest BCUT2D eigenvalue weighted by atomic mass is 9.99. The highest BCUT2D eigenvalue weighted by molar-refractivity contribution is 5.92. The van der Waals surface area contributed by atoms with Gasteiger partial charge in [-0.05, 0) is 36.5 Å². The van der Waals surface area contributed by atoms with E-state index in [0.717, 1.165) is 16.7 Å². The van der Waals surface area contributed by atoms with Gasteiger partial charge in [0.15, 0.2) is 0 Å². The van der Waals surface area contributed by atoms with Crippen LogP contribution < -0.4 is 5.32 Å². The van der Waals surface area contributed by atoms with Gasteiger partial charge >= 0.3 is 6.03 Å². The summed E-state index contributed by atoms with van der Waals surface area (Å²) in [6.45, 7) is 1.30. The number of nitrogens with zero attached hydrogens (tertiary/aromatic N) is 4. The maximum absolute atomic E-state index is 12.4. The van der Waals surface area contributed by atoms with Crippen LogP contribution in [0.25, 0.3) is 10.9 Å². The summed E-state index contributed by atoms with van der Waals surface area (Å²) >= 11 is 0. The first-order chi connectivity index (χ1) is 12.8. The van der Waals surface area contributed by atoms with Gasteiger partial charge in [-0.2, -0.15) is 0 Å². The predicted octanol–water partition coefficient (Wildman–Crippen LogP) is 3.53. The van der Waals surface area contributed by atoms with Crippen LogP contribution in [0.4, 0.5) is 10.5 Å². The van der Waals surface area contributed by atoms with E-state index in [1.54, 1.807) is 11.1 Å². The van der Waals surface area contributed by atoms with E-state index in [-0.39, 0.29) is 11.9 Å². The van der Waals surface area contributed by atoms with E-state index in [1.165, 1.54) is 18.4 Å². The topological polar surface area (TPSA) is 71.0 Å². The number of urea groups is 1. The lowest BCUT2D eigenvalue weighted by Crippen LogP contribution is -2.50. The molecular weight excluding hydrogens is 326 g/mol. The van der Waals surface area contributed by atoms with Gasteiger partial charge in [0.1, 0.15) is 5.82 Å². The van der Waals surface area contributed by atoms with Gasteiger partial charge in [-0.3, -0.25) is 4.98 Å². The van der Waals surface area contributed by atoms with Crippen molar-refractivity contribution in [1.82, 2.24) is 19.9 Å². The molecule has 0 radical (unpaired) electrons. The van der Waals surface area contributed by atoms with E-state index in [0.29, 0.717) is 24.7 Å². The second-order valence-electron chi connectivity index (χ2n) is 7.10. The number of rotatable bonds is 3. The molecule has 1 aromatic carbocycles.